The topological polar surface area (TPSA) is 88.1 Å². The van der Waals surface area contributed by atoms with Gasteiger partial charge in [-0.2, -0.15) is 0 Å². The zero-order valence-corrected chi connectivity index (χ0v) is 24.9. The van der Waals surface area contributed by atoms with Gasteiger partial charge in [0.15, 0.2) is 29.6 Å². The summed E-state index contributed by atoms with van der Waals surface area (Å²) in [7, 11) is 3.20. The highest BCUT2D eigenvalue weighted by molar-refractivity contribution is 6.09. The van der Waals surface area contributed by atoms with Crippen molar-refractivity contribution < 1.29 is 14.3 Å². The molecule has 0 aliphatic carbocycles. The van der Waals surface area contributed by atoms with Crippen LogP contribution in [0.4, 0.5) is 0 Å². The highest BCUT2D eigenvalue weighted by Gasteiger charge is 2.25. The van der Waals surface area contributed by atoms with Crippen molar-refractivity contribution in [3.63, 3.8) is 0 Å². The third-order valence-electron chi connectivity index (χ3n) is 7.59. The third kappa shape index (κ3) is 5.47. The number of hydrogen-bond acceptors (Lipinski definition) is 7. The van der Waals surface area contributed by atoms with Gasteiger partial charge in [0.05, 0.1) is 31.5 Å². The van der Waals surface area contributed by atoms with Gasteiger partial charge >= 0.3 is 0 Å². The van der Waals surface area contributed by atoms with Crippen molar-refractivity contribution in [2.45, 2.75) is 13.2 Å². The van der Waals surface area contributed by atoms with Crippen molar-refractivity contribution in [3.05, 3.63) is 132 Å². The number of methoxy groups -OCH3 is 2. The molecule has 0 saturated carbocycles. The molecule has 0 aliphatic heterocycles. The molecule has 9 nitrogen and oxygen atoms in total. The largest absolute Gasteiger partial charge is 0.493 e. The summed E-state index contributed by atoms with van der Waals surface area (Å²) in [6.45, 7) is 0.733. The molecule has 0 fully saturated rings. The highest BCUT2D eigenvalue weighted by Crippen LogP contribution is 2.42. The number of hydrogen-bond donors (Lipinski definition) is 0. The summed E-state index contributed by atoms with van der Waals surface area (Å²) in [5.74, 6) is 1.75. The van der Waals surface area contributed by atoms with Gasteiger partial charge in [0, 0.05) is 17.7 Å². The number of fused-ring (bicyclic) bond motifs is 3. The summed E-state index contributed by atoms with van der Waals surface area (Å²) in [4.78, 5) is 15.5. The quantitative estimate of drug-likeness (QED) is 0.125. The number of ether oxygens (including phenoxy) is 2. The molecule has 4 aromatic carbocycles. The molecule has 9 heteroatoms. The summed E-state index contributed by atoms with van der Waals surface area (Å²) in [6, 6.07) is 36.8. The van der Waals surface area contributed by atoms with E-state index in [0.717, 1.165) is 39.0 Å². The number of nitrogens with zero attached hydrogens (tertiary/aromatic N) is 6. The summed E-state index contributed by atoms with van der Waals surface area (Å²) in [5, 5.41) is 9.75. The van der Waals surface area contributed by atoms with Crippen molar-refractivity contribution in [2.24, 2.45) is 5.16 Å². The lowest BCUT2D eigenvalue weighted by Crippen LogP contribution is -2.03. The second kappa shape index (κ2) is 12.3. The van der Waals surface area contributed by atoms with E-state index in [4.69, 9.17) is 24.3 Å². The van der Waals surface area contributed by atoms with Crippen LogP contribution >= 0.6 is 0 Å². The number of benzene rings is 4. The Hall–Kier alpha value is -5.96. The lowest BCUT2D eigenvalue weighted by molar-refractivity contribution is 0.126. The van der Waals surface area contributed by atoms with Gasteiger partial charge in [-0.15, -0.1) is 5.10 Å². The Morgan fingerprint density at radius 2 is 1.44 bits per heavy atom. The molecule has 3 heterocycles. The lowest BCUT2D eigenvalue weighted by Gasteiger charge is -2.13. The first-order valence-corrected chi connectivity index (χ1v) is 14.5. The molecule has 7 rings (SSSR count). The van der Waals surface area contributed by atoms with Crippen LogP contribution in [0, 0.1) is 0 Å². The van der Waals surface area contributed by atoms with E-state index >= 15 is 0 Å². The normalized spacial score (nSPS) is 11.4. The van der Waals surface area contributed by atoms with E-state index in [1.165, 1.54) is 5.56 Å². The zero-order valence-electron chi connectivity index (χ0n) is 24.9. The van der Waals surface area contributed by atoms with Gasteiger partial charge in [0.1, 0.15) is 12.0 Å². The Morgan fingerprint density at radius 3 is 2.16 bits per heavy atom. The predicted octanol–water partition coefficient (Wildman–Crippen LogP) is 7.03. The van der Waals surface area contributed by atoms with Crippen molar-refractivity contribution in [2.75, 3.05) is 14.2 Å². The Bertz CT molecular complexity index is 2110. The van der Waals surface area contributed by atoms with E-state index in [-0.39, 0.29) is 6.61 Å². The van der Waals surface area contributed by atoms with Crippen molar-refractivity contribution in [1.29, 1.82) is 0 Å². The maximum absolute atomic E-state index is 5.62. The molecule has 3 aromatic heterocycles. The summed E-state index contributed by atoms with van der Waals surface area (Å²) in [6.07, 6.45) is 3.33. The van der Waals surface area contributed by atoms with Gasteiger partial charge in [-0.1, -0.05) is 96.2 Å². The molecule has 0 aliphatic rings. The van der Waals surface area contributed by atoms with Crippen molar-refractivity contribution in [3.8, 4) is 33.9 Å². The minimum atomic E-state index is 0.0872. The van der Waals surface area contributed by atoms with Crippen LogP contribution in [-0.2, 0) is 18.0 Å². The SMILES string of the molecule is COc1ccc(/C=N\OCc2nc3c4c(-c5ccccc5)c(-c5ccccc5)n(Cc5ccccc5)c4ncn3n2)cc1OC. The minimum absolute atomic E-state index is 0.0872. The second-order valence-corrected chi connectivity index (χ2v) is 10.4. The first-order valence-electron chi connectivity index (χ1n) is 14.5. The molecule has 0 amide bonds. The number of aromatic nitrogens is 5. The number of oxime groups is 1. The van der Waals surface area contributed by atoms with E-state index in [1.807, 2.05) is 36.4 Å². The lowest BCUT2D eigenvalue weighted by atomic mass is 9.99. The molecule has 0 spiro atoms. The summed E-state index contributed by atoms with van der Waals surface area (Å²) < 4.78 is 14.7. The molecule has 0 radical (unpaired) electrons. The Morgan fingerprint density at radius 1 is 0.756 bits per heavy atom. The number of rotatable bonds is 10. The van der Waals surface area contributed by atoms with Crippen molar-refractivity contribution in [1.82, 2.24) is 24.1 Å². The predicted molar refractivity (Wildman–Crippen MR) is 175 cm³/mol. The van der Waals surface area contributed by atoms with E-state index in [9.17, 15) is 0 Å². The van der Waals surface area contributed by atoms with E-state index in [1.54, 1.807) is 31.3 Å². The Labute approximate surface area is 260 Å². The van der Waals surface area contributed by atoms with Gasteiger partial charge in [0.25, 0.3) is 0 Å². The average molecular weight is 595 g/mol. The molecule has 0 atom stereocenters. The maximum atomic E-state index is 5.62. The second-order valence-electron chi connectivity index (χ2n) is 10.4. The fourth-order valence-corrected chi connectivity index (χ4v) is 5.57. The maximum Gasteiger partial charge on any atom is 0.192 e. The first kappa shape index (κ1) is 27.8. The molecule has 0 unspecified atom stereocenters. The van der Waals surface area contributed by atoms with E-state index in [0.29, 0.717) is 29.5 Å². The Balaban J connectivity index is 1.32. The van der Waals surface area contributed by atoms with Crippen molar-refractivity contribution >= 4 is 22.9 Å². The molecule has 0 N–H and O–H groups in total. The minimum Gasteiger partial charge on any atom is -0.493 e. The fraction of sp³-hybridized carbons (Fsp3) is 0.111. The molecular formula is C36H30N6O3. The monoisotopic (exact) mass is 594 g/mol. The van der Waals surface area contributed by atoms with Gasteiger partial charge in [-0.3, -0.25) is 0 Å². The summed E-state index contributed by atoms with van der Waals surface area (Å²) in [5.41, 5.74) is 7.80. The molecule has 7 aromatic rings. The van der Waals surface area contributed by atoms with Crippen LogP contribution < -0.4 is 9.47 Å². The van der Waals surface area contributed by atoms with Crippen LogP contribution in [0.1, 0.15) is 17.0 Å². The highest BCUT2D eigenvalue weighted by atomic mass is 16.6. The van der Waals surface area contributed by atoms with Crippen LogP contribution in [0.15, 0.2) is 121 Å². The van der Waals surface area contributed by atoms with Gasteiger partial charge < -0.3 is 18.9 Å². The standard InChI is InChI=1S/C36H30N6O3/c1-43-29-19-18-26(20-30(29)44-2)21-38-45-23-31-39-36-33-32(27-14-8-4-9-15-27)34(28-16-10-5-11-17-28)41(22-25-12-6-3-7-13-25)35(33)37-24-42(36)40-31/h3-21,24H,22-23H2,1-2H3/b38-21-. The third-order valence-corrected chi connectivity index (χ3v) is 7.59. The average Bonchev–Trinajstić information content (AvgIpc) is 3.66. The van der Waals surface area contributed by atoms with Gasteiger partial charge in [0.2, 0.25) is 0 Å². The zero-order chi connectivity index (χ0) is 30.6. The van der Waals surface area contributed by atoms with Crippen LogP contribution in [0.5, 0.6) is 11.5 Å². The van der Waals surface area contributed by atoms with E-state index in [2.05, 4.69) is 87.6 Å². The first-order chi connectivity index (χ1) is 22.2. The van der Waals surface area contributed by atoms with E-state index < -0.39 is 0 Å². The molecular weight excluding hydrogens is 564 g/mol. The van der Waals surface area contributed by atoms with Crippen LogP contribution in [-0.4, -0.2) is 44.6 Å². The summed E-state index contributed by atoms with van der Waals surface area (Å²) >= 11 is 0. The molecule has 222 valence electrons. The van der Waals surface area contributed by atoms with Crippen LogP contribution in [0.2, 0.25) is 0 Å². The molecule has 0 bridgehead atoms. The molecule has 0 saturated heterocycles. The fourth-order valence-electron chi connectivity index (χ4n) is 5.57. The van der Waals surface area contributed by atoms with Gasteiger partial charge in [-0.25, -0.2) is 14.5 Å². The van der Waals surface area contributed by atoms with Crippen LogP contribution in [0.3, 0.4) is 0 Å². The van der Waals surface area contributed by atoms with Gasteiger partial charge in [-0.05, 0) is 34.9 Å². The Kier molecular flexibility index (Phi) is 7.63. The molecule has 45 heavy (non-hydrogen) atoms. The van der Waals surface area contributed by atoms with Crippen LogP contribution in [0.25, 0.3) is 39.1 Å². The smallest absolute Gasteiger partial charge is 0.192 e.